The summed E-state index contributed by atoms with van der Waals surface area (Å²) in [5.41, 5.74) is 2.80. The Balaban J connectivity index is 2.07. The van der Waals surface area contributed by atoms with E-state index in [1.165, 1.54) is 0 Å². The number of fused-ring (bicyclic) bond motifs is 3. The highest BCUT2D eigenvalue weighted by atomic mass is 16.1. The first-order valence-electron chi connectivity index (χ1n) is 7.25. The molecule has 2 aromatic carbocycles. The van der Waals surface area contributed by atoms with Gasteiger partial charge in [-0.05, 0) is 23.8 Å². The fourth-order valence-corrected chi connectivity index (χ4v) is 2.88. The third kappa shape index (κ3) is 1.99. The second-order valence-electron chi connectivity index (χ2n) is 5.29. The Morgan fingerprint density at radius 3 is 2.41 bits per heavy atom. The highest BCUT2D eigenvalue weighted by Gasteiger charge is 2.11. The number of aromatic nitrogens is 2. The lowest BCUT2D eigenvalue weighted by atomic mass is 10.1. The van der Waals surface area contributed by atoms with E-state index in [2.05, 4.69) is 4.98 Å². The van der Waals surface area contributed by atoms with E-state index in [4.69, 9.17) is 0 Å². The predicted molar refractivity (Wildman–Crippen MR) is 89.1 cm³/mol. The van der Waals surface area contributed by atoms with E-state index < -0.39 is 0 Å². The Hall–Kier alpha value is -2.94. The molecular formula is C19H14N2O. The van der Waals surface area contributed by atoms with Gasteiger partial charge in [0.25, 0.3) is 5.56 Å². The summed E-state index contributed by atoms with van der Waals surface area (Å²) in [6.45, 7) is 0.561. The number of nitrogens with zero attached hydrogens (tertiary/aromatic N) is 2. The molecule has 22 heavy (non-hydrogen) atoms. The number of hydrogen-bond acceptors (Lipinski definition) is 2. The van der Waals surface area contributed by atoms with Crippen LogP contribution in [-0.2, 0) is 6.54 Å². The number of para-hydroxylation sites is 1. The molecule has 0 unspecified atom stereocenters. The molecule has 0 aliphatic rings. The lowest BCUT2D eigenvalue weighted by Crippen LogP contribution is -2.21. The molecule has 0 fully saturated rings. The van der Waals surface area contributed by atoms with Crippen molar-refractivity contribution in [3.05, 3.63) is 88.8 Å². The van der Waals surface area contributed by atoms with Crippen LogP contribution in [0.25, 0.3) is 21.8 Å². The maximum atomic E-state index is 12.9. The van der Waals surface area contributed by atoms with Crippen molar-refractivity contribution < 1.29 is 0 Å². The number of rotatable bonds is 2. The summed E-state index contributed by atoms with van der Waals surface area (Å²) in [5, 5.41) is 1.67. The van der Waals surface area contributed by atoms with Gasteiger partial charge in [0.05, 0.1) is 23.0 Å². The molecule has 0 amide bonds. The van der Waals surface area contributed by atoms with Crippen molar-refractivity contribution in [2.24, 2.45) is 0 Å². The van der Waals surface area contributed by atoms with Gasteiger partial charge in [0, 0.05) is 11.6 Å². The standard InChI is InChI=1S/C19H14N2O/c22-19-16-10-6-12-20-18(16)15-9-4-5-11-17(15)21(19)13-14-7-2-1-3-8-14/h1-12H,13H2. The summed E-state index contributed by atoms with van der Waals surface area (Å²) in [6.07, 6.45) is 1.73. The van der Waals surface area contributed by atoms with Gasteiger partial charge in [0.15, 0.2) is 0 Å². The smallest absolute Gasteiger partial charge is 0.260 e. The largest absolute Gasteiger partial charge is 0.303 e. The van der Waals surface area contributed by atoms with Crippen LogP contribution in [0.1, 0.15) is 5.56 Å². The van der Waals surface area contributed by atoms with Gasteiger partial charge in [-0.25, -0.2) is 0 Å². The average Bonchev–Trinajstić information content (AvgIpc) is 2.59. The third-order valence-electron chi connectivity index (χ3n) is 3.92. The van der Waals surface area contributed by atoms with E-state index >= 15 is 0 Å². The number of pyridine rings is 2. The minimum absolute atomic E-state index is 0.00523. The molecule has 0 saturated heterocycles. The number of benzene rings is 2. The summed E-state index contributed by atoms with van der Waals surface area (Å²) in [6, 6.07) is 21.6. The molecule has 0 aliphatic carbocycles. The van der Waals surface area contributed by atoms with Gasteiger partial charge in [-0.1, -0.05) is 48.5 Å². The molecule has 0 atom stereocenters. The highest BCUT2D eigenvalue weighted by Crippen LogP contribution is 2.21. The quantitative estimate of drug-likeness (QED) is 0.528. The van der Waals surface area contributed by atoms with Crippen molar-refractivity contribution in [1.82, 2.24) is 9.55 Å². The van der Waals surface area contributed by atoms with Crippen molar-refractivity contribution >= 4 is 21.8 Å². The summed E-state index contributed by atoms with van der Waals surface area (Å²) in [5.74, 6) is 0. The molecule has 0 radical (unpaired) electrons. The van der Waals surface area contributed by atoms with Crippen LogP contribution in [0.4, 0.5) is 0 Å². The van der Waals surface area contributed by atoms with Gasteiger partial charge < -0.3 is 4.57 Å². The molecule has 4 rings (SSSR count). The van der Waals surface area contributed by atoms with Crippen LogP contribution in [0.2, 0.25) is 0 Å². The Kier molecular flexibility index (Phi) is 2.97. The molecule has 0 saturated carbocycles. The van der Waals surface area contributed by atoms with Gasteiger partial charge in [-0.3, -0.25) is 9.78 Å². The Labute approximate surface area is 127 Å². The van der Waals surface area contributed by atoms with Crippen LogP contribution in [0.15, 0.2) is 77.7 Å². The summed E-state index contributed by atoms with van der Waals surface area (Å²) < 4.78 is 1.83. The second-order valence-corrected chi connectivity index (χ2v) is 5.29. The van der Waals surface area contributed by atoms with E-state index in [0.717, 1.165) is 22.0 Å². The fourth-order valence-electron chi connectivity index (χ4n) is 2.88. The van der Waals surface area contributed by atoms with Crippen molar-refractivity contribution in [3.63, 3.8) is 0 Å². The first kappa shape index (κ1) is 12.8. The van der Waals surface area contributed by atoms with Crippen molar-refractivity contribution in [2.45, 2.75) is 6.54 Å². The maximum absolute atomic E-state index is 12.9. The van der Waals surface area contributed by atoms with E-state index in [0.29, 0.717) is 11.9 Å². The molecule has 0 aliphatic heterocycles. The zero-order chi connectivity index (χ0) is 14.9. The van der Waals surface area contributed by atoms with E-state index in [-0.39, 0.29) is 5.56 Å². The van der Waals surface area contributed by atoms with Crippen molar-refractivity contribution in [2.75, 3.05) is 0 Å². The minimum atomic E-state index is 0.00523. The van der Waals surface area contributed by atoms with Gasteiger partial charge in [0.1, 0.15) is 0 Å². The molecular weight excluding hydrogens is 272 g/mol. The Bertz CT molecular complexity index is 1020. The van der Waals surface area contributed by atoms with Crippen LogP contribution >= 0.6 is 0 Å². The minimum Gasteiger partial charge on any atom is -0.303 e. The van der Waals surface area contributed by atoms with Gasteiger partial charge in [-0.15, -0.1) is 0 Å². The van der Waals surface area contributed by atoms with Crippen LogP contribution in [0.5, 0.6) is 0 Å². The zero-order valence-corrected chi connectivity index (χ0v) is 11.9. The first-order chi connectivity index (χ1) is 10.8. The molecule has 0 spiro atoms. The van der Waals surface area contributed by atoms with Gasteiger partial charge in [-0.2, -0.15) is 0 Å². The van der Waals surface area contributed by atoms with Crippen molar-refractivity contribution in [1.29, 1.82) is 0 Å². The monoisotopic (exact) mass is 286 g/mol. The topological polar surface area (TPSA) is 34.9 Å². The highest BCUT2D eigenvalue weighted by molar-refractivity contribution is 6.02. The maximum Gasteiger partial charge on any atom is 0.260 e. The lowest BCUT2D eigenvalue weighted by Gasteiger charge is -2.12. The summed E-state index contributed by atoms with van der Waals surface area (Å²) in [4.78, 5) is 17.3. The molecule has 4 aromatic rings. The Morgan fingerprint density at radius 2 is 1.55 bits per heavy atom. The van der Waals surface area contributed by atoms with Crippen molar-refractivity contribution in [3.8, 4) is 0 Å². The second kappa shape index (κ2) is 5.11. The van der Waals surface area contributed by atoms with E-state index in [9.17, 15) is 4.79 Å². The summed E-state index contributed by atoms with van der Waals surface area (Å²) in [7, 11) is 0. The van der Waals surface area contributed by atoms with Crippen LogP contribution in [-0.4, -0.2) is 9.55 Å². The predicted octanol–water partition coefficient (Wildman–Crippen LogP) is 3.60. The van der Waals surface area contributed by atoms with Crippen LogP contribution < -0.4 is 5.56 Å². The Morgan fingerprint density at radius 1 is 0.818 bits per heavy atom. The molecule has 106 valence electrons. The fraction of sp³-hybridized carbons (Fsp3) is 0.0526. The third-order valence-corrected chi connectivity index (χ3v) is 3.92. The normalized spacial score (nSPS) is 11.1. The van der Waals surface area contributed by atoms with Crippen LogP contribution in [0, 0.1) is 0 Å². The van der Waals surface area contributed by atoms with Gasteiger partial charge >= 0.3 is 0 Å². The molecule has 2 aromatic heterocycles. The van der Waals surface area contributed by atoms with Crippen LogP contribution in [0.3, 0.4) is 0 Å². The lowest BCUT2D eigenvalue weighted by molar-refractivity contribution is 0.802. The molecule has 3 nitrogen and oxygen atoms in total. The first-order valence-corrected chi connectivity index (χ1v) is 7.25. The SMILES string of the molecule is O=c1c2cccnc2c2ccccc2n1Cc1ccccc1. The zero-order valence-electron chi connectivity index (χ0n) is 11.9. The van der Waals surface area contributed by atoms with E-state index in [1.54, 1.807) is 6.20 Å². The molecule has 3 heteroatoms. The van der Waals surface area contributed by atoms with E-state index in [1.807, 2.05) is 71.3 Å². The molecule has 0 bridgehead atoms. The van der Waals surface area contributed by atoms with Gasteiger partial charge in [0.2, 0.25) is 0 Å². The summed E-state index contributed by atoms with van der Waals surface area (Å²) >= 11 is 0. The molecule has 0 N–H and O–H groups in total. The average molecular weight is 286 g/mol. The number of hydrogen-bond donors (Lipinski definition) is 0. The molecule has 2 heterocycles.